The maximum absolute atomic E-state index is 11.4. The Bertz CT molecular complexity index is 350. The fraction of sp³-hybridized carbons (Fsp3) is 0.222. The molecule has 4 heteroatoms. The Morgan fingerprint density at radius 1 is 1.54 bits per heavy atom. The summed E-state index contributed by atoms with van der Waals surface area (Å²) in [5.74, 6) is -0.303. The molecule has 0 N–H and O–H groups in total. The first kappa shape index (κ1) is 11.0. The largest absolute Gasteiger partial charge is 0.465 e. The summed E-state index contributed by atoms with van der Waals surface area (Å²) in [7, 11) is 1.38. The summed E-state index contributed by atoms with van der Waals surface area (Å²) < 4.78 is 6.51. The van der Waals surface area contributed by atoms with E-state index in [1.165, 1.54) is 7.11 Å². The molecule has 0 aliphatic carbocycles. The molecule has 0 amide bonds. The lowest BCUT2D eigenvalue weighted by atomic mass is 10.1. The number of rotatable bonds is 1. The molecule has 13 heavy (non-hydrogen) atoms. The Kier molecular flexibility index (Phi) is 3.73. The molecule has 1 rings (SSSR count). The van der Waals surface area contributed by atoms with Crippen molar-refractivity contribution in [2.75, 3.05) is 7.11 Å². The Labute approximate surface area is 98.9 Å². The van der Waals surface area contributed by atoms with Crippen LogP contribution >= 0.6 is 38.5 Å². The zero-order valence-electron chi connectivity index (χ0n) is 7.23. The molecule has 0 heterocycles. The number of halogens is 2. The van der Waals surface area contributed by atoms with Gasteiger partial charge >= 0.3 is 5.97 Å². The maximum Gasteiger partial charge on any atom is 0.339 e. The average molecular weight is 355 g/mol. The molecule has 2 nitrogen and oxygen atoms in total. The maximum atomic E-state index is 11.4. The van der Waals surface area contributed by atoms with Crippen LogP contribution in [0.2, 0.25) is 0 Å². The van der Waals surface area contributed by atoms with Gasteiger partial charge in [-0.2, -0.15) is 0 Å². The molecular formula is C9H8BrIO2. The Morgan fingerprint density at radius 2 is 2.15 bits per heavy atom. The zero-order chi connectivity index (χ0) is 10.0. The topological polar surface area (TPSA) is 26.3 Å². The van der Waals surface area contributed by atoms with Gasteiger partial charge in [0.05, 0.1) is 12.7 Å². The van der Waals surface area contributed by atoms with Gasteiger partial charge in [-0.1, -0.05) is 0 Å². The number of carbonyl (C=O) groups is 1. The van der Waals surface area contributed by atoms with Crippen molar-refractivity contribution < 1.29 is 9.53 Å². The number of hydrogen-bond donors (Lipinski definition) is 0. The van der Waals surface area contributed by atoms with Crippen molar-refractivity contribution in [1.29, 1.82) is 0 Å². The summed E-state index contributed by atoms with van der Waals surface area (Å²) in [5.41, 5.74) is 1.55. The van der Waals surface area contributed by atoms with E-state index in [2.05, 4.69) is 43.3 Å². The van der Waals surface area contributed by atoms with Crippen LogP contribution in [-0.4, -0.2) is 13.1 Å². The number of carbonyl (C=O) groups excluding carboxylic acids is 1. The minimum absolute atomic E-state index is 0.303. The van der Waals surface area contributed by atoms with E-state index in [-0.39, 0.29) is 5.97 Å². The van der Waals surface area contributed by atoms with Gasteiger partial charge in [-0.15, -0.1) is 0 Å². The van der Waals surface area contributed by atoms with Crippen LogP contribution in [0.1, 0.15) is 15.9 Å². The second-order valence-corrected chi connectivity index (χ2v) is 4.54. The van der Waals surface area contributed by atoms with Gasteiger partial charge in [0.1, 0.15) is 0 Å². The van der Waals surface area contributed by atoms with Gasteiger partial charge in [0.2, 0.25) is 0 Å². The fourth-order valence-corrected chi connectivity index (χ4v) is 2.05. The van der Waals surface area contributed by atoms with Crippen molar-refractivity contribution in [2.24, 2.45) is 0 Å². The highest BCUT2D eigenvalue weighted by Crippen LogP contribution is 2.25. The van der Waals surface area contributed by atoms with Crippen molar-refractivity contribution >= 4 is 44.5 Å². The van der Waals surface area contributed by atoms with Crippen LogP contribution in [0.25, 0.3) is 0 Å². The molecule has 0 fully saturated rings. The van der Waals surface area contributed by atoms with Crippen LogP contribution in [-0.2, 0) is 4.74 Å². The molecular weight excluding hydrogens is 347 g/mol. The van der Waals surface area contributed by atoms with E-state index in [1.807, 2.05) is 19.1 Å². The Morgan fingerprint density at radius 3 is 2.69 bits per heavy atom. The molecule has 0 atom stereocenters. The summed E-state index contributed by atoms with van der Waals surface area (Å²) >= 11 is 5.51. The molecule has 1 aromatic carbocycles. The van der Waals surface area contributed by atoms with Crippen LogP contribution in [0.5, 0.6) is 0 Å². The van der Waals surface area contributed by atoms with Crippen LogP contribution in [0.4, 0.5) is 0 Å². The quantitative estimate of drug-likeness (QED) is 0.572. The second-order valence-electron chi connectivity index (χ2n) is 2.52. The Balaban J connectivity index is 3.33. The van der Waals surface area contributed by atoms with Crippen molar-refractivity contribution in [2.45, 2.75) is 6.92 Å². The first-order valence-electron chi connectivity index (χ1n) is 3.61. The van der Waals surface area contributed by atoms with Crippen molar-refractivity contribution in [3.05, 3.63) is 31.3 Å². The van der Waals surface area contributed by atoms with Gasteiger partial charge in [-0.25, -0.2) is 4.79 Å². The van der Waals surface area contributed by atoms with Gasteiger partial charge in [0, 0.05) is 8.04 Å². The van der Waals surface area contributed by atoms with Gasteiger partial charge in [-0.05, 0) is 63.1 Å². The predicted octanol–water partition coefficient (Wildman–Crippen LogP) is 3.15. The van der Waals surface area contributed by atoms with Crippen molar-refractivity contribution in [3.63, 3.8) is 0 Å². The van der Waals surface area contributed by atoms with Gasteiger partial charge in [-0.3, -0.25) is 0 Å². The summed E-state index contributed by atoms with van der Waals surface area (Å²) in [6, 6.07) is 3.80. The summed E-state index contributed by atoms with van der Waals surface area (Å²) in [6.07, 6.45) is 0. The number of methoxy groups -OCH3 is 1. The molecule has 1 aromatic rings. The summed E-state index contributed by atoms with van der Waals surface area (Å²) in [4.78, 5) is 11.4. The summed E-state index contributed by atoms with van der Waals surface area (Å²) in [6.45, 7) is 1.90. The van der Waals surface area contributed by atoms with Crippen LogP contribution < -0.4 is 0 Å². The van der Waals surface area contributed by atoms with E-state index in [1.54, 1.807) is 0 Å². The van der Waals surface area contributed by atoms with E-state index in [9.17, 15) is 4.79 Å². The van der Waals surface area contributed by atoms with Crippen LogP contribution in [0.3, 0.4) is 0 Å². The van der Waals surface area contributed by atoms with E-state index in [4.69, 9.17) is 0 Å². The van der Waals surface area contributed by atoms with Crippen molar-refractivity contribution in [1.82, 2.24) is 0 Å². The molecule has 70 valence electrons. The minimum atomic E-state index is -0.303. The van der Waals surface area contributed by atoms with Gasteiger partial charge in [0.25, 0.3) is 0 Å². The highest BCUT2D eigenvalue weighted by atomic mass is 127. The molecule has 0 aliphatic heterocycles. The molecule has 0 aromatic heterocycles. The summed E-state index contributed by atoms with van der Waals surface area (Å²) in [5, 5.41) is 0. The third kappa shape index (κ3) is 2.22. The van der Waals surface area contributed by atoms with Gasteiger partial charge < -0.3 is 4.74 Å². The molecule has 0 aliphatic rings. The zero-order valence-corrected chi connectivity index (χ0v) is 11.0. The SMILES string of the molecule is COC(=O)c1c(Br)ccc(I)c1C. The van der Waals surface area contributed by atoms with E-state index in [0.717, 1.165) is 13.6 Å². The highest BCUT2D eigenvalue weighted by Gasteiger charge is 2.14. The van der Waals surface area contributed by atoms with E-state index >= 15 is 0 Å². The lowest BCUT2D eigenvalue weighted by Gasteiger charge is -2.07. The molecule has 0 spiro atoms. The fourth-order valence-electron chi connectivity index (χ4n) is 1.01. The molecule has 0 saturated heterocycles. The minimum Gasteiger partial charge on any atom is -0.465 e. The lowest BCUT2D eigenvalue weighted by molar-refractivity contribution is 0.0599. The number of benzene rings is 1. The standard InChI is InChI=1S/C9H8BrIO2/c1-5-7(11)4-3-6(10)8(5)9(12)13-2/h3-4H,1-2H3. The molecule has 0 radical (unpaired) electrons. The smallest absolute Gasteiger partial charge is 0.339 e. The average Bonchev–Trinajstić information content (AvgIpc) is 2.12. The third-order valence-electron chi connectivity index (χ3n) is 1.74. The molecule has 0 bridgehead atoms. The van der Waals surface area contributed by atoms with Gasteiger partial charge in [0.15, 0.2) is 0 Å². The predicted molar refractivity (Wildman–Crippen MR) is 62.9 cm³/mol. The first-order chi connectivity index (χ1) is 6.07. The highest BCUT2D eigenvalue weighted by molar-refractivity contribution is 14.1. The van der Waals surface area contributed by atoms with Crippen molar-refractivity contribution in [3.8, 4) is 0 Å². The van der Waals surface area contributed by atoms with Crippen LogP contribution in [0, 0.1) is 10.5 Å². The van der Waals surface area contributed by atoms with E-state index in [0.29, 0.717) is 5.56 Å². The number of hydrogen-bond acceptors (Lipinski definition) is 2. The Hall–Kier alpha value is -0.100. The van der Waals surface area contributed by atoms with E-state index < -0.39 is 0 Å². The monoisotopic (exact) mass is 354 g/mol. The second kappa shape index (κ2) is 4.41. The van der Waals surface area contributed by atoms with Crippen LogP contribution in [0.15, 0.2) is 16.6 Å². The lowest BCUT2D eigenvalue weighted by Crippen LogP contribution is -2.06. The third-order valence-corrected chi connectivity index (χ3v) is 3.57. The molecule has 0 unspecified atom stereocenters. The first-order valence-corrected chi connectivity index (χ1v) is 5.48. The number of esters is 1. The normalized spacial score (nSPS) is 9.85. The molecule has 0 saturated carbocycles. The number of ether oxygens (including phenoxy) is 1.